The van der Waals surface area contributed by atoms with Crippen LogP contribution in [0.1, 0.15) is 74.5 Å². The number of carbonyl (C=O) groups is 1. The summed E-state index contributed by atoms with van der Waals surface area (Å²) >= 11 is 6.59. The van der Waals surface area contributed by atoms with Gasteiger partial charge in [-0.3, -0.25) is 4.79 Å². The molecule has 4 rings (SSSR count). The molecule has 0 saturated carbocycles. The predicted molar refractivity (Wildman–Crippen MR) is 201 cm³/mol. The highest BCUT2D eigenvalue weighted by molar-refractivity contribution is 7.89. The molecule has 10 nitrogen and oxygen atoms in total. The molecule has 3 aromatic carbocycles. The number of rotatable bonds is 14. The molecule has 0 saturated heterocycles. The van der Waals surface area contributed by atoms with Crippen molar-refractivity contribution in [1.82, 2.24) is 9.62 Å². The fourth-order valence-electron chi connectivity index (χ4n) is 6.17. The Labute approximate surface area is 302 Å². The molecule has 270 valence electrons. The van der Waals surface area contributed by atoms with E-state index in [2.05, 4.69) is 53.5 Å². The number of halogens is 1. The topological polar surface area (TPSA) is 145 Å². The molecule has 0 radical (unpaired) electrons. The molecule has 1 amide bonds. The maximum atomic E-state index is 13.4. The number of nitrogens with zero attached hydrogens (tertiary/aromatic N) is 4. The van der Waals surface area contributed by atoms with E-state index in [4.69, 9.17) is 21.9 Å². The number of likely N-dealkylation sites (N-methyl/N-ethyl adjacent to an activating group) is 1. The van der Waals surface area contributed by atoms with E-state index in [9.17, 15) is 18.3 Å². The molecule has 12 heteroatoms. The monoisotopic (exact) mass is 723 g/mol. The third kappa shape index (κ3) is 11.2. The number of benzene rings is 3. The highest BCUT2D eigenvalue weighted by atomic mass is 35.5. The zero-order valence-electron chi connectivity index (χ0n) is 30.1. The van der Waals surface area contributed by atoms with Crippen LogP contribution in [0, 0.1) is 5.92 Å². The van der Waals surface area contributed by atoms with E-state index >= 15 is 0 Å². The number of ether oxygens (including phenoxy) is 1. The lowest BCUT2D eigenvalue weighted by atomic mass is 9.88. The highest BCUT2D eigenvalue weighted by Gasteiger charge is 2.29. The van der Waals surface area contributed by atoms with E-state index in [1.54, 1.807) is 25.3 Å². The van der Waals surface area contributed by atoms with Gasteiger partial charge in [-0.1, -0.05) is 79.6 Å². The number of carbonyl (C=O) groups excluding carboxylic acids is 1. The summed E-state index contributed by atoms with van der Waals surface area (Å²) in [6.07, 6.45) is 5.41. The van der Waals surface area contributed by atoms with Crippen molar-refractivity contribution in [3.63, 3.8) is 0 Å². The van der Waals surface area contributed by atoms with Gasteiger partial charge in [-0.25, -0.2) is 8.42 Å². The van der Waals surface area contributed by atoms with Gasteiger partial charge >= 0.3 is 0 Å². The molecule has 1 aliphatic carbocycles. The molecule has 2 N–H and O–H groups in total. The Morgan fingerprint density at radius 1 is 1.18 bits per heavy atom. The van der Waals surface area contributed by atoms with Crippen LogP contribution in [-0.2, 0) is 34.0 Å². The summed E-state index contributed by atoms with van der Waals surface area (Å²) in [5.41, 5.74) is 13.6. The van der Waals surface area contributed by atoms with Gasteiger partial charge < -0.3 is 15.2 Å². The van der Waals surface area contributed by atoms with Crippen LogP contribution >= 0.6 is 11.6 Å². The minimum absolute atomic E-state index is 0.0129. The normalized spacial score (nSPS) is 14.0. The van der Waals surface area contributed by atoms with E-state index in [1.165, 1.54) is 30.3 Å². The van der Waals surface area contributed by atoms with Crippen molar-refractivity contribution in [3.05, 3.63) is 110 Å². The van der Waals surface area contributed by atoms with Gasteiger partial charge in [0.05, 0.1) is 23.9 Å². The number of aryl methyl sites for hydroxylation is 1. The Bertz CT molecular complexity index is 1800. The molecule has 1 unspecified atom stereocenters. The van der Waals surface area contributed by atoms with Crippen molar-refractivity contribution in [2.24, 2.45) is 11.0 Å². The van der Waals surface area contributed by atoms with Gasteiger partial charge in [0.15, 0.2) is 0 Å². The molecule has 0 aliphatic heterocycles. The SMILES string of the molecule is C/C=C(\C)OC.CCCc1cc(-c2ccc(S(=O)(=O)N(C)CC(O)CNC(C)(C)CC3Cc4ccccc4C3)cc2Cl)ccc1C(=O)N=[N+]=[N-]. The molecular weight excluding hydrogens is 674 g/mol. The summed E-state index contributed by atoms with van der Waals surface area (Å²) in [5, 5.41) is 17.6. The standard InChI is InChI=1S/C33H40ClN5O4S.C5H10O/c1-5-8-25-17-26(11-13-30(25)32(41)37-38-35)29-14-12-28(18-31(29)34)44(42,43)39(4)21-27(40)20-36-33(2,3)19-22-15-23-9-6-7-10-24(23)16-22;1-4-5(2)6-3/h6-7,9-14,17-18,22,27,36,40H,5,8,15-16,19-21H2,1-4H3;4H,1-3H3/b;5-4+. The van der Waals surface area contributed by atoms with Crippen LogP contribution in [0.3, 0.4) is 0 Å². The fourth-order valence-corrected chi connectivity index (χ4v) is 7.76. The van der Waals surface area contributed by atoms with Gasteiger partial charge in [0.1, 0.15) is 0 Å². The summed E-state index contributed by atoms with van der Waals surface area (Å²) in [6.45, 7) is 10.2. The number of aliphatic hydroxyl groups is 1. The van der Waals surface area contributed by atoms with Crippen molar-refractivity contribution in [3.8, 4) is 11.1 Å². The summed E-state index contributed by atoms with van der Waals surface area (Å²) in [6, 6.07) is 18.1. The number of hydrogen-bond donors (Lipinski definition) is 2. The highest BCUT2D eigenvalue weighted by Crippen LogP contribution is 2.34. The average molecular weight is 724 g/mol. The maximum absolute atomic E-state index is 13.4. The minimum atomic E-state index is -3.93. The first kappa shape index (κ1) is 40.7. The van der Waals surface area contributed by atoms with E-state index in [0.717, 1.165) is 35.7 Å². The summed E-state index contributed by atoms with van der Waals surface area (Å²) < 4.78 is 32.7. The van der Waals surface area contributed by atoms with Gasteiger partial charge in [0.2, 0.25) is 15.9 Å². The van der Waals surface area contributed by atoms with Gasteiger partial charge in [0.25, 0.3) is 0 Å². The van der Waals surface area contributed by atoms with Crippen molar-refractivity contribution in [1.29, 1.82) is 0 Å². The fraction of sp³-hybridized carbons (Fsp3) is 0.447. The molecule has 0 spiro atoms. The number of fused-ring (bicyclic) bond motifs is 1. The van der Waals surface area contributed by atoms with E-state index in [1.807, 2.05) is 32.9 Å². The molecule has 1 aliphatic rings. The van der Waals surface area contributed by atoms with Crippen LogP contribution in [-0.4, -0.2) is 62.6 Å². The first-order valence-electron chi connectivity index (χ1n) is 16.8. The van der Waals surface area contributed by atoms with Crippen molar-refractivity contribution < 1.29 is 23.1 Å². The Balaban J connectivity index is 0.00000103. The summed E-state index contributed by atoms with van der Waals surface area (Å²) in [7, 11) is -0.825. The number of amides is 1. The minimum Gasteiger partial charge on any atom is -0.502 e. The van der Waals surface area contributed by atoms with Gasteiger partial charge in [-0.05, 0) is 104 Å². The van der Waals surface area contributed by atoms with Crippen LogP contribution in [0.4, 0.5) is 0 Å². The number of hydrogen-bond acceptors (Lipinski definition) is 6. The Kier molecular flexibility index (Phi) is 15.1. The third-order valence-electron chi connectivity index (χ3n) is 8.90. The zero-order valence-corrected chi connectivity index (χ0v) is 31.7. The molecule has 0 fully saturated rings. The second-order valence-electron chi connectivity index (χ2n) is 13.3. The van der Waals surface area contributed by atoms with Crippen molar-refractivity contribution >= 4 is 27.5 Å². The van der Waals surface area contributed by atoms with Crippen LogP contribution < -0.4 is 5.32 Å². The van der Waals surface area contributed by atoms with Crippen LogP contribution in [0.2, 0.25) is 5.02 Å². The number of sulfonamides is 1. The van der Waals surface area contributed by atoms with Crippen LogP contribution in [0.5, 0.6) is 0 Å². The number of allylic oxidation sites excluding steroid dienone is 2. The van der Waals surface area contributed by atoms with Crippen molar-refractivity contribution in [2.75, 3.05) is 27.2 Å². The average Bonchev–Trinajstić information content (AvgIpc) is 3.49. The number of aliphatic hydroxyl groups excluding tert-OH is 1. The largest absolute Gasteiger partial charge is 0.502 e. The van der Waals surface area contributed by atoms with E-state index in [0.29, 0.717) is 34.6 Å². The zero-order chi connectivity index (χ0) is 37.1. The van der Waals surface area contributed by atoms with Crippen LogP contribution in [0.15, 0.2) is 82.5 Å². The maximum Gasteiger partial charge on any atom is 0.249 e. The number of nitrogens with one attached hydrogen (secondary N) is 1. The third-order valence-corrected chi connectivity index (χ3v) is 11.0. The van der Waals surface area contributed by atoms with Gasteiger partial charge in [0, 0.05) is 46.7 Å². The quantitative estimate of drug-likeness (QED) is 0.0744. The van der Waals surface area contributed by atoms with Gasteiger partial charge in [-0.2, -0.15) is 4.31 Å². The van der Waals surface area contributed by atoms with Gasteiger partial charge in [-0.15, -0.1) is 0 Å². The lowest BCUT2D eigenvalue weighted by molar-refractivity contribution is 0.0999. The molecule has 50 heavy (non-hydrogen) atoms. The predicted octanol–water partition coefficient (Wildman–Crippen LogP) is 8.12. The molecule has 0 bridgehead atoms. The Morgan fingerprint density at radius 2 is 1.84 bits per heavy atom. The van der Waals surface area contributed by atoms with Crippen LogP contribution in [0.25, 0.3) is 21.6 Å². The van der Waals surface area contributed by atoms with E-state index < -0.39 is 22.0 Å². The first-order chi connectivity index (χ1) is 23.6. The van der Waals surface area contributed by atoms with Crippen molar-refractivity contribution in [2.45, 2.75) is 83.3 Å². The summed E-state index contributed by atoms with van der Waals surface area (Å²) in [5.74, 6) is 0.841. The lowest BCUT2D eigenvalue weighted by Gasteiger charge is -2.31. The molecule has 1 atom stereocenters. The Hall–Kier alpha value is -3.70. The second-order valence-corrected chi connectivity index (χ2v) is 15.8. The molecule has 3 aromatic rings. The smallest absolute Gasteiger partial charge is 0.249 e. The number of β-amino-alcohol motifs (C(OH)–C–C–N with tert-alkyl or cyclic N) is 1. The molecular formula is C38H50ClN5O5S. The van der Waals surface area contributed by atoms with E-state index in [-0.39, 0.29) is 28.5 Å². The first-order valence-corrected chi connectivity index (χ1v) is 18.6. The lowest BCUT2D eigenvalue weighted by Crippen LogP contribution is -2.47. The summed E-state index contributed by atoms with van der Waals surface area (Å²) in [4.78, 5) is 14.8. The number of azide groups is 1. The second kappa shape index (κ2) is 18.5. The molecule has 0 aromatic heterocycles. The number of methoxy groups -OCH3 is 1. The Morgan fingerprint density at radius 3 is 2.38 bits per heavy atom. The molecule has 0 heterocycles.